The van der Waals surface area contributed by atoms with Gasteiger partial charge in [-0.05, 0) is 56.0 Å². The molecule has 1 unspecified atom stereocenters. The molecule has 0 spiro atoms. The standard InChI is InChI=1S/C16H23NO2/c1-19-16-8-5-13(6-9-16)4-7-15(18)11-14-3-2-10-17-12-14/h5-6,8-9,14,17H,2-4,7,10-12H2,1H3. The van der Waals surface area contributed by atoms with Crippen molar-refractivity contribution in [2.75, 3.05) is 20.2 Å². The zero-order valence-corrected chi connectivity index (χ0v) is 11.7. The smallest absolute Gasteiger partial charge is 0.133 e. The van der Waals surface area contributed by atoms with Crippen LogP contribution in [0.2, 0.25) is 0 Å². The Hall–Kier alpha value is -1.35. The number of aryl methyl sites for hydroxylation is 1. The predicted octanol–water partition coefficient (Wildman–Crippen LogP) is 2.59. The third-order valence-electron chi connectivity index (χ3n) is 3.77. The maximum atomic E-state index is 12.0. The number of benzene rings is 1. The largest absolute Gasteiger partial charge is 0.497 e. The Morgan fingerprint density at radius 1 is 1.37 bits per heavy atom. The topological polar surface area (TPSA) is 38.3 Å². The molecular formula is C16H23NO2. The van der Waals surface area contributed by atoms with Crippen LogP contribution < -0.4 is 10.1 Å². The first-order valence-corrected chi connectivity index (χ1v) is 7.13. The van der Waals surface area contributed by atoms with Crippen molar-refractivity contribution in [3.05, 3.63) is 29.8 Å². The minimum Gasteiger partial charge on any atom is -0.497 e. The second kappa shape index (κ2) is 7.29. The highest BCUT2D eigenvalue weighted by Crippen LogP contribution is 2.17. The number of Topliss-reactive ketones (excluding diaryl/α,β-unsaturated/α-hetero) is 1. The summed E-state index contributed by atoms with van der Waals surface area (Å²) in [5.74, 6) is 1.81. The number of hydrogen-bond donors (Lipinski definition) is 1. The highest BCUT2D eigenvalue weighted by Gasteiger charge is 2.16. The summed E-state index contributed by atoms with van der Waals surface area (Å²) in [5.41, 5.74) is 1.20. The van der Waals surface area contributed by atoms with Crippen LogP contribution in [0, 0.1) is 5.92 Å². The summed E-state index contributed by atoms with van der Waals surface area (Å²) in [6.07, 6.45) is 4.63. The van der Waals surface area contributed by atoms with Gasteiger partial charge in [-0.15, -0.1) is 0 Å². The molecule has 1 aromatic carbocycles. The van der Waals surface area contributed by atoms with Crippen molar-refractivity contribution in [2.24, 2.45) is 5.92 Å². The van der Waals surface area contributed by atoms with Gasteiger partial charge in [0.2, 0.25) is 0 Å². The molecule has 0 radical (unpaired) electrons. The van der Waals surface area contributed by atoms with Crippen LogP contribution in [0.3, 0.4) is 0 Å². The third-order valence-corrected chi connectivity index (χ3v) is 3.77. The van der Waals surface area contributed by atoms with E-state index in [1.807, 2.05) is 24.3 Å². The quantitative estimate of drug-likeness (QED) is 0.855. The number of rotatable bonds is 6. The summed E-state index contributed by atoms with van der Waals surface area (Å²) in [5, 5.41) is 3.36. The van der Waals surface area contributed by atoms with Crippen molar-refractivity contribution in [3.63, 3.8) is 0 Å². The van der Waals surface area contributed by atoms with Gasteiger partial charge in [0.05, 0.1) is 7.11 Å². The van der Waals surface area contributed by atoms with Crippen molar-refractivity contribution < 1.29 is 9.53 Å². The fraction of sp³-hybridized carbons (Fsp3) is 0.562. The Bertz CT molecular complexity index is 394. The zero-order chi connectivity index (χ0) is 13.5. The lowest BCUT2D eigenvalue weighted by Gasteiger charge is -2.21. The summed E-state index contributed by atoms with van der Waals surface area (Å²) < 4.78 is 5.12. The highest BCUT2D eigenvalue weighted by molar-refractivity contribution is 5.78. The van der Waals surface area contributed by atoms with Crippen molar-refractivity contribution in [1.82, 2.24) is 5.32 Å². The number of ether oxygens (including phenoxy) is 1. The van der Waals surface area contributed by atoms with Crippen LogP contribution in [0.15, 0.2) is 24.3 Å². The lowest BCUT2D eigenvalue weighted by Crippen LogP contribution is -2.31. The predicted molar refractivity (Wildman–Crippen MR) is 76.5 cm³/mol. The van der Waals surface area contributed by atoms with E-state index >= 15 is 0 Å². The fourth-order valence-electron chi connectivity index (χ4n) is 2.60. The first-order chi connectivity index (χ1) is 9.28. The molecule has 19 heavy (non-hydrogen) atoms. The summed E-state index contributed by atoms with van der Waals surface area (Å²) in [6, 6.07) is 7.97. The molecule has 3 nitrogen and oxygen atoms in total. The van der Waals surface area contributed by atoms with Gasteiger partial charge in [-0.1, -0.05) is 12.1 Å². The molecule has 1 N–H and O–H groups in total. The molecule has 104 valence electrons. The average molecular weight is 261 g/mol. The lowest BCUT2D eigenvalue weighted by molar-refractivity contribution is -0.120. The van der Waals surface area contributed by atoms with Gasteiger partial charge in [0.15, 0.2) is 0 Å². The van der Waals surface area contributed by atoms with Gasteiger partial charge in [-0.3, -0.25) is 4.79 Å². The van der Waals surface area contributed by atoms with Gasteiger partial charge in [0, 0.05) is 12.8 Å². The summed E-state index contributed by atoms with van der Waals surface area (Å²) in [4.78, 5) is 12.0. The molecular weight excluding hydrogens is 238 g/mol. The van der Waals surface area contributed by atoms with Gasteiger partial charge >= 0.3 is 0 Å². The van der Waals surface area contributed by atoms with E-state index < -0.39 is 0 Å². The maximum absolute atomic E-state index is 12.0. The second-order valence-corrected chi connectivity index (χ2v) is 5.30. The van der Waals surface area contributed by atoms with Crippen LogP contribution in [-0.2, 0) is 11.2 Å². The Morgan fingerprint density at radius 3 is 2.79 bits per heavy atom. The summed E-state index contributed by atoms with van der Waals surface area (Å²) >= 11 is 0. The van der Waals surface area contributed by atoms with E-state index in [2.05, 4.69) is 5.32 Å². The Labute approximate surface area is 115 Å². The number of nitrogens with one attached hydrogen (secondary N) is 1. The lowest BCUT2D eigenvalue weighted by atomic mass is 9.92. The normalized spacial score (nSPS) is 19.1. The van der Waals surface area contributed by atoms with E-state index in [1.165, 1.54) is 18.4 Å². The molecule has 1 aliphatic heterocycles. The Kier molecular flexibility index (Phi) is 5.40. The molecule has 1 aliphatic rings. The number of ketones is 1. The SMILES string of the molecule is COc1ccc(CCC(=O)CC2CCCNC2)cc1. The van der Waals surface area contributed by atoms with E-state index in [1.54, 1.807) is 7.11 Å². The van der Waals surface area contributed by atoms with Crippen LogP contribution in [0.25, 0.3) is 0 Å². The number of piperidine rings is 1. The molecule has 1 fully saturated rings. The van der Waals surface area contributed by atoms with Crippen molar-refractivity contribution in [2.45, 2.75) is 32.1 Å². The highest BCUT2D eigenvalue weighted by atomic mass is 16.5. The average Bonchev–Trinajstić information content (AvgIpc) is 2.47. The van der Waals surface area contributed by atoms with Crippen molar-refractivity contribution in [1.29, 1.82) is 0 Å². The van der Waals surface area contributed by atoms with E-state index in [0.717, 1.165) is 31.7 Å². The minimum atomic E-state index is 0.393. The number of methoxy groups -OCH3 is 1. The van der Waals surface area contributed by atoms with Crippen molar-refractivity contribution >= 4 is 5.78 Å². The number of carbonyl (C=O) groups excluding carboxylic acids is 1. The molecule has 2 rings (SSSR count). The Balaban J connectivity index is 1.72. The maximum Gasteiger partial charge on any atom is 0.133 e. The molecule has 3 heteroatoms. The molecule has 0 saturated carbocycles. The van der Waals surface area contributed by atoms with Gasteiger partial charge in [0.1, 0.15) is 11.5 Å². The van der Waals surface area contributed by atoms with Gasteiger partial charge in [-0.25, -0.2) is 0 Å². The third kappa shape index (κ3) is 4.67. The van der Waals surface area contributed by atoms with Gasteiger partial charge in [-0.2, -0.15) is 0 Å². The van der Waals surface area contributed by atoms with Crippen LogP contribution in [-0.4, -0.2) is 26.0 Å². The number of hydrogen-bond acceptors (Lipinski definition) is 3. The molecule has 1 saturated heterocycles. The van der Waals surface area contributed by atoms with E-state index in [0.29, 0.717) is 18.1 Å². The molecule has 1 atom stereocenters. The van der Waals surface area contributed by atoms with Crippen LogP contribution in [0.4, 0.5) is 0 Å². The molecule has 0 bridgehead atoms. The molecule has 1 heterocycles. The summed E-state index contributed by atoms with van der Waals surface area (Å²) in [7, 11) is 1.66. The second-order valence-electron chi connectivity index (χ2n) is 5.30. The first-order valence-electron chi connectivity index (χ1n) is 7.13. The Morgan fingerprint density at radius 2 is 2.16 bits per heavy atom. The fourth-order valence-corrected chi connectivity index (χ4v) is 2.60. The van der Waals surface area contributed by atoms with Crippen molar-refractivity contribution in [3.8, 4) is 5.75 Å². The molecule has 0 aromatic heterocycles. The van der Waals surface area contributed by atoms with Crippen LogP contribution in [0.5, 0.6) is 5.75 Å². The van der Waals surface area contributed by atoms with Gasteiger partial charge in [0.25, 0.3) is 0 Å². The molecule has 1 aromatic rings. The van der Waals surface area contributed by atoms with Crippen LogP contribution >= 0.6 is 0 Å². The zero-order valence-electron chi connectivity index (χ0n) is 11.7. The van der Waals surface area contributed by atoms with Crippen LogP contribution in [0.1, 0.15) is 31.2 Å². The minimum absolute atomic E-state index is 0.393. The van der Waals surface area contributed by atoms with E-state index in [9.17, 15) is 4.79 Å². The number of carbonyl (C=O) groups is 1. The summed E-state index contributed by atoms with van der Waals surface area (Å²) in [6.45, 7) is 2.12. The van der Waals surface area contributed by atoms with E-state index in [4.69, 9.17) is 4.74 Å². The first kappa shape index (κ1) is 14.1. The molecule has 0 aliphatic carbocycles. The van der Waals surface area contributed by atoms with E-state index in [-0.39, 0.29) is 0 Å². The van der Waals surface area contributed by atoms with Gasteiger partial charge < -0.3 is 10.1 Å². The molecule has 0 amide bonds. The monoisotopic (exact) mass is 261 g/mol.